The van der Waals surface area contributed by atoms with Crippen LogP contribution in [0.5, 0.6) is 0 Å². The molecule has 1 aromatic rings. The maximum atomic E-state index is 5.33. The number of guanidine groups is 1. The van der Waals surface area contributed by atoms with Gasteiger partial charge >= 0.3 is 0 Å². The Morgan fingerprint density at radius 3 is 2.32 bits per heavy atom. The van der Waals surface area contributed by atoms with Crippen LogP contribution in [0.15, 0.2) is 29.3 Å². The Bertz CT molecular complexity index is 420. The van der Waals surface area contributed by atoms with E-state index in [-0.39, 0.29) is 24.0 Å². The molecule has 1 rings (SSSR count). The number of ether oxygens (including phenoxy) is 1. The number of aryl methyl sites for hydroxylation is 1. The van der Waals surface area contributed by atoms with Gasteiger partial charge in [-0.1, -0.05) is 31.2 Å². The molecule has 4 nitrogen and oxygen atoms in total. The zero-order chi connectivity index (χ0) is 15.5. The van der Waals surface area contributed by atoms with Crippen LogP contribution in [0, 0.1) is 0 Å². The highest BCUT2D eigenvalue weighted by Crippen LogP contribution is 2.07. The van der Waals surface area contributed by atoms with Crippen LogP contribution in [0.3, 0.4) is 0 Å². The van der Waals surface area contributed by atoms with Crippen LogP contribution < -0.4 is 5.32 Å². The van der Waals surface area contributed by atoms with E-state index in [0.717, 1.165) is 32.1 Å². The second kappa shape index (κ2) is 12.7. The van der Waals surface area contributed by atoms with E-state index in [9.17, 15) is 0 Å². The summed E-state index contributed by atoms with van der Waals surface area (Å²) in [4.78, 5) is 6.74. The number of nitrogens with zero attached hydrogens (tertiary/aromatic N) is 2. The fourth-order valence-electron chi connectivity index (χ4n) is 2.06. The topological polar surface area (TPSA) is 36.9 Å². The Labute approximate surface area is 152 Å². The summed E-state index contributed by atoms with van der Waals surface area (Å²) in [6.45, 7) is 10.1. The highest BCUT2D eigenvalue weighted by molar-refractivity contribution is 14.0. The Kier molecular flexibility index (Phi) is 12.2. The molecule has 0 bridgehead atoms. The van der Waals surface area contributed by atoms with Gasteiger partial charge in [-0.15, -0.1) is 24.0 Å². The molecule has 1 N–H and O–H groups in total. The fraction of sp³-hybridized carbons (Fsp3) is 0.588. The van der Waals surface area contributed by atoms with E-state index >= 15 is 0 Å². The van der Waals surface area contributed by atoms with Crippen LogP contribution in [-0.2, 0) is 17.7 Å². The molecular weight excluding hydrogens is 389 g/mol. The number of aliphatic imine (C=N–C) groups is 1. The molecule has 22 heavy (non-hydrogen) atoms. The molecule has 126 valence electrons. The highest BCUT2D eigenvalue weighted by Gasteiger charge is 2.06. The molecule has 0 saturated carbocycles. The monoisotopic (exact) mass is 419 g/mol. The number of rotatable bonds is 8. The largest absolute Gasteiger partial charge is 0.380 e. The van der Waals surface area contributed by atoms with Gasteiger partial charge in [0, 0.05) is 26.7 Å². The first-order valence-electron chi connectivity index (χ1n) is 7.86. The second-order valence-corrected chi connectivity index (χ2v) is 4.96. The van der Waals surface area contributed by atoms with Gasteiger partial charge in [0.05, 0.1) is 13.2 Å². The van der Waals surface area contributed by atoms with Gasteiger partial charge in [0.15, 0.2) is 5.96 Å². The number of hydrogen-bond acceptors (Lipinski definition) is 2. The van der Waals surface area contributed by atoms with Gasteiger partial charge in [0.25, 0.3) is 0 Å². The van der Waals surface area contributed by atoms with Gasteiger partial charge in [0.1, 0.15) is 0 Å². The van der Waals surface area contributed by atoms with Gasteiger partial charge in [-0.05, 0) is 31.4 Å². The molecule has 0 amide bonds. The van der Waals surface area contributed by atoms with E-state index < -0.39 is 0 Å². The number of benzene rings is 1. The van der Waals surface area contributed by atoms with Crippen molar-refractivity contribution in [2.75, 3.05) is 33.4 Å². The standard InChI is InChI=1S/C17H29N3O.HI/c1-5-15-8-10-16(11-9-15)14-20(4)17(18-6-2)19-12-13-21-7-3;/h8-11H,5-7,12-14H2,1-4H3,(H,18,19);1H. The summed E-state index contributed by atoms with van der Waals surface area (Å²) < 4.78 is 5.33. The Hall–Kier alpha value is -0.820. The lowest BCUT2D eigenvalue weighted by atomic mass is 10.1. The van der Waals surface area contributed by atoms with E-state index in [0.29, 0.717) is 13.2 Å². The quantitative estimate of drug-likeness (QED) is 0.304. The van der Waals surface area contributed by atoms with Crippen molar-refractivity contribution in [2.24, 2.45) is 4.99 Å². The van der Waals surface area contributed by atoms with Crippen molar-refractivity contribution in [3.63, 3.8) is 0 Å². The van der Waals surface area contributed by atoms with Crippen LogP contribution in [0.1, 0.15) is 31.9 Å². The summed E-state index contributed by atoms with van der Waals surface area (Å²) in [7, 11) is 2.07. The molecule has 0 atom stereocenters. The predicted octanol–water partition coefficient (Wildman–Crippen LogP) is 3.30. The zero-order valence-corrected chi connectivity index (χ0v) is 16.6. The van der Waals surface area contributed by atoms with E-state index in [1.165, 1.54) is 11.1 Å². The molecular formula is C17H30IN3O. The third kappa shape index (κ3) is 7.98. The summed E-state index contributed by atoms with van der Waals surface area (Å²) >= 11 is 0. The predicted molar refractivity (Wildman–Crippen MR) is 105 cm³/mol. The van der Waals surface area contributed by atoms with Gasteiger partial charge < -0.3 is 15.0 Å². The van der Waals surface area contributed by atoms with Gasteiger partial charge in [-0.25, -0.2) is 0 Å². The Balaban J connectivity index is 0.00000441. The maximum Gasteiger partial charge on any atom is 0.194 e. The second-order valence-electron chi connectivity index (χ2n) is 4.96. The summed E-state index contributed by atoms with van der Waals surface area (Å²) in [5.74, 6) is 0.928. The molecule has 0 heterocycles. The van der Waals surface area contributed by atoms with Gasteiger partial charge in [-0.2, -0.15) is 0 Å². The first kappa shape index (κ1) is 21.2. The van der Waals surface area contributed by atoms with E-state index in [2.05, 4.69) is 60.4 Å². The van der Waals surface area contributed by atoms with Crippen molar-refractivity contribution in [3.8, 4) is 0 Å². The molecule has 0 spiro atoms. The van der Waals surface area contributed by atoms with E-state index in [1.807, 2.05) is 6.92 Å². The summed E-state index contributed by atoms with van der Waals surface area (Å²) in [5.41, 5.74) is 2.67. The minimum absolute atomic E-state index is 0. The van der Waals surface area contributed by atoms with Crippen molar-refractivity contribution in [2.45, 2.75) is 33.7 Å². The third-order valence-electron chi connectivity index (χ3n) is 3.25. The average molecular weight is 419 g/mol. The molecule has 0 aliphatic heterocycles. The molecule has 0 unspecified atom stereocenters. The molecule has 0 radical (unpaired) electrons. The minimum atomic E-state index is 0. The molecule has 0 aliphatic carbocycles. The van der Waals surface area contributed by atoms with Crippen molar-refractivity contribution in [1.29, 1.82) is 0 Å². The van der Waals surface area contributed by atoms with E-state index in [4.69, 9.17) is 4.74 Å². The Morgan fingerprint density at radius 2 is 1.77 bits per heavy atom. The molecule has 0 aliphatic rings. The smallest absolute Gasteiger partial charge is 0.194 e. The van der Waals surface area contributed by atoms with Crippen LogP contribution in [-0.4, -0.2) is 44.2 Å². The summed E-state index contributed by atoms with van der Waals surface area (Å²) in [6, 6.07) is 8.78. The lowest BCUT2D eigenvalue weighted by Gasteiger charge is -2.22. The van der Waals surface area contributed by atoms with Crippen molar-refractivity contribution in [1.82, 2.24) is 10.2 Å². The minimum Gasteiger partial charge on any atom is -0.380 e. The first-order chi connectivity index (χ1) is 10.2. The molecule has 0 saturated heterocycles. The molecule has 5 heteroatoms. The van der Waals surface area contributed by atoms with Crippen molar-refractivity contribution in [3.05, 3.63) is 35.4 Å². The normalized spacial score (nSPS) is 11.0. The van der Waals surface area contributed by atoms with Crippen LogP contribution in [0.4, 0.5) is 0 Å². The SMILES string of the molecule is CCNC(=NCCOCC)N(C)Cc1ccc(CC)cc1.I. The Morgan fingerprint density at radius 1 is 1.14 bits per heavy atom. The number of nitrogens with one attached hydrogen (secondary N) is 1. The molecule has 1 aromatic carbocycles. The molecule has 0 aromatic heterocycles. The van der Waals surface area contributed by atoms with Crippen LogP contribution in [0.25, 0.3) is 0 Å². The number of hydrogen-bond donors (Lipinski definition) is 1. The average Bonchev–Trinajstić information content (AvgIpc) is 2.51. The van der Waals surface area contributed by atoms with Crippen molar-refractivity contribution >= 4 is 29.9 Å². The van der Waals surface area contributed by atoms with Gasteiger partial charge in [-0.3, -0.25) is 4.99 Å². The lowest BCUT2D eigenvalue weighted by Crippen LogP contribution is -2.38. The van der Waals surface area contributed by atoms with Gasteiger partial charge in [0.2, 0.25) is 0 Å². The van der Waals surface area contributed by atoms with Crippen LogP contribution >= 0.6 is 24.0 Å². The third-order valence-corrected chi connectivity index (χ3v) is 3.25. The zero-order valence-electron chi connectivity index (χ0n) is 14.3. The molecule has 0 fully saturated rings. The first-order valence-corrected chi connectivity index (χ1v) is 7.86. The summed E-state index contributed by atoms with van der Waals surface area (Å²) in [6.07, 6.45) is 1.08. The van der Waals surface area contributed by atoms with Crippen molar-refractivity contribution < 1.29 is 4.74 Å². The highest BCUT2D eigenvalue weighted by atomic mass is 127. The number of halogens is 1. The lowest BCUT2D eigenvalue weighted by molar-refractivity contribution is 0.155. The van der Waals surface area contributed by atoms with Crippen LogP contribution in [0.2, 0.25) is 0 Å². The fourth-order valence-corrected chi connectivity index (χ4v) is 2.06. The van der Waals surface area contributed by atoms with E-state index in [1.54, 1.807) is 0 Å². The maximum absolute atomic E-state index is 5.33. The summed E-state index contributed by atoms with van der Waals surface area (Å²) in [5, 5.41) is 3.32.